The van der Waals surface area contributed by atoms with Crippen molar-refractivity contribution in [3.05, 3.63) is 18.1 Å². The Hall–Kier alpha value is -1.69. The van der Waals surface area contributed by atoms with Gasteiger partial charge in [-0.1, -0.05) is 0 Å². The van der Waals surface area contributed by atoms with Crippen molar-refractivity contribution in [1.82, 2.24) is 9.97 Å². The summed E-state index contributed by atoms with van der Waals surface area (Å²) in [6.07, 6.45) is 3.03. The predicted molar refractivity (Wildman–Crippen MR) is 61.0 cm³/mol. The third-order valence-corrected chi connectivity index (χ3v) is 2.69. The molecule has 17 heavy (non-hydrogen) atoms. The van der Waals surface area contributed by atoms with Crippen LogP contribution in [-0.4, -0.2) is 48.8 Å². The summed E-state index contributed by atoms with van der Waals surface area (Å²) >= 11 is 0. The van der Waals surface area contributed by atoms with E-state index in [1.165, 1.54) is 13.3 Å². The first-order valence-corrected chi connectivity index (χ1v) is 5.47. The molecule has 1 unspecified atom stereocenters. The van der Waals surface area contributed by atoms with Gasteiger partial charge in [0.15, 0.2) is 5.69 Å². The van der Waals surface area contributed by atoms with Gasteiger partial charge in [0.25, 0.3) is 0 Å². The van der Waals surface area contributed by atoms with Gasteiger partial charge in [-0.25, -0.2) is 14.8 Å². The van der Waals surface area contributed by atoms with Crippen molar-refractivity contribution in [2.24, 2.45) is 0 Å². The number of hydrogen-bond acceptors (Lipinski definition) is 6. The van der Waals surface area contributed by atoms with Crippen LogP contribution in [0.5, 0.6) is 0 Å². The van der Waals surface area contributed by atoms with Crippen molar-refractivity contribution < 1.29 is 14.3 Å². The molecule has 2 heterocycles. The van der Waals surface area contributed by atoms with E-state index in [1.807, 2.05) is 0 Å². The minimum Gasteiger partial charge on any atom is -0.464 e. The van der Waals surface area contributed by atoms with E-state index in [1.54, 1.807) is 6.20 Å². The van der Waals surface area contributed by atoms with Crippen LogP contribution in [0, 0.1) is 0 Å². The lowest BCUT2D eigenvalue weighted by atomic mass is 10.2. The van der Waals surface area contributed by atoms with E-state index < -0.39 is 5.97 Å². The van der Waals surface area contributed by atoms with Gasteiger partial charge in [-0.2, -0.15) is 0 Å². The predicted octanol–water partition coefficient (Wildman–Crippen LogP) is 0.488. The number of carbonyl (C=O) groups excluding carboxylic acids is 1. The molecule has 0 amide bonds. The molecule has 0 saturated carbocycles. The molecular formula is C11H15N3O3. The van der Waals surface area contributed by atoms with Crippen LogP contribution >= 0.6 is 0 Å². The number of morpholine rings is 1. The molecule has 0 N–H and O–H groups in total. The van der Waals surface area contributed by atoms with Crippen LogP contribution in [0.2, 0.25) is 0 Å². The summed E-state index contributed by atoms with van der Waals surface area (Å²) in [5, 5.41) is 0. The van der Waals surface area contributed by atoms with Gasteiger partial charge in [0.1, 0.15) is 5.82 Å². The summed E-state index contributed by atoms with van der Waals surface area (Å²) in [6.45, 7) is 4.22. The van der Waals surface area contributed by atoms with Gasteiger partial charge >= 0.3 is 5.97 Å². The zero-order valence-corrected chi connectivity index (χ0v) is 9.92. The molecule has 0 bridgehead atoms. The average molecular weight is 237 g/mol. The Morgan fingerprint density at radius 2 is 2.35 bits per heavy atom. The zero-order chi connectivity index (χ0) is 12.3. The molecule has 6 nitrogen and oxygen atoms in total. The van der Waals surface area contributed by atoms with E-state index in [2.05, 4.69) is 26.5 Å². The lowest BCUT2D eigenvalue weighted by Crippen LogP contribution is -2.44. The Balaban J connectivity index is 2.14. The minimum atomic E-state index is -0.473. The van der Waals surface area contributed by atoms with Crippen LogP contribution in [0.25, 0.3) is 0 Å². The summed E-state index contributed by atoms with van der Waals surface area (Å²) in [7, 11) is 1.32. The van der Waals surface area contributed by atoms with E-state index in [-0.39, 0.29) is 11.7 Å². The monoisotopic (exact) mass is 237 g/mol. The number of esters is 1. The number of anilines is 1. The van der Waals surface area contributed by atoms with Crippen molar-refractivity contribution >= 4 is 11.8 Å². The van der Waals surface area contributed by atoms with Crippen molar-refractivity contribution in [1.29, 1.82) is 0 Å². The Morgan fingerprint density at radius 1 is 1.53 bits per heavy atom. The van der Waals surface area contributed by atoms with Crippen molar-refractivity contribution in [2.45, 2.75) is 13.0 Å². The Bertz CT molecular complexity index is 393. The molecule has 1 aliphatic heterocycles. The maximum absolute atomic E-state index is 11.2. The lowest BCUT2D eigenvalue weighted by molar-refractivity contribution is 0.0593. The maximum Gasteiger partial charge on any atom is 0.358 e. The van der Waals surface area contributed by atoms with E-state index in [0.29, 0.717) is 13.2 Å². The highest BCUT2D eigenvalue weighted by atomic mass is 16.5. The molecule has 2 rings (SSSR count). The highest BCUT2D eigenvalue weighted by Crippen LogP contribution is 2.15. The van der Waals surface area contributed by atoms with Crippen molar-refractivity contribution in [3.8, 4) is 0 Å². The number of carbonyl (C=O) groups is 1. The average Bonchev–Trinajstić information content (AvgIpc) is 2.39. The Labute approximate surface area is 99.6 Å². The summed E-state index contributed by atoms with van der Waals surface area (Å²) in [5.74, 6) is 0.285. The first-order chi connectivity index (χ1) is 8.22. The van der Waals surface area contributed by atoms with Crippen LogP contribution in [0.4, 0.5) is 5.82 Å². The lowest BCUT2D eigenvalue weighted by Gasteiger charge is -2.33. The Morgan fingerprint density at radius 3 is 2.94 bits per heavy atom. The number of aromatic nitrogens is 2. The molecule has 92 valence electrons. The fraction of sp³-hybridized carbons (Fsp3) is 0.545. The van der Waals surface area contributed by atoms with Crippen LogP contribution in [0.3, 0.4) is 0 Å². The van der Waals surface area contributed by atoms with E-state index in [4.69, 9.17) is 4.74 Å². The molecule has 1 aliphatic rings. The van der Waals surface area contributed by atoms with Gasteiger partial charge in [-0.15, -0.1) is 0 Å². The van der Waals surface area contributed by atoms with Crippen LogP contribution < -0.4 is 4.90 Å². The largest absolute Gasteiger partial charge is 0.464 e. The van der Waals surface area contributed by atoms with Gasteiger partial charge in [-0.05, 0) is 6.92 Å². The SMILES string of the molecule is COC(=O)c1cnc(N2CCOCC2C)cn1. The molecule has 1 saturated heterocycles. The number of rotatable bonds is 2. The third-order valence-electron chi connectivity index (χ3n) is 2.69. The first kappa shape index (κ1) is 11.8. The Kier molecular flexibility index (Phi) is 3.53. The fourth-order valence-electron chi connectivity index (χ4n) is 1.75. The summed E-state index contributed by atoms with van der Waals surface area (Å²) in [5.41, 5.74) is 0.220. The summed E-state index contributed by atoms with van der Waals surface area (Å²) < 4.78 is 9.92. The van der Waals surface area contributed by atoms with E-state index >= 15 is 0 Å². The standard InChI is InChI=1S/C11H15N3O3/c1-8-7-17-4-3-14(8)10-6-12-9(5-13-10)11(15)16-2/h5-6,8H,3-4,7H2,1-2H3. The topological polar surface area (TPSA) is 64.5 Å². The van der Waals surface area contributed by atoms with Crippen LogP contribution in [0.15, 0.2) is 12.4 Å². The molecule has 1 atom stereocenters. The van der Waals surface area contributed by atoms with Gasteiger partial charge in [0.2, 0.25) is 0 Å². The van der Waals surface area contributed by atoms with Crippen LogP contribution in [0.1, 0.15) is 17.4 Å². The molecule has 1 fully saturated rings. The normalized spacial score (nSPS) is 20.1. The molecule has 0 radical (unpaired) electrons. The highest BCUT2D eigenvalue weighted by molar-refractivity contribution is 5.86. The number of hydrogen-bond donors (Lipinski definition) is 0. The highest BCUT2D eigenvalue weighted by Gasteiger charge is 2.20. The molecule has 0 aromatic carbocycles. The minimum absolute atomic E-state index is 0.220. The second-order valence-electron chi connectivity index (χ2n) is 3.87. The molecule has 0 spiro atoms. The molecular weight excluding hydrogens is 222 g/mol. The molecule has 6 heteroatoms. The van der Waals surface area contributed by atoms with Gasteiger partial charge in [0.05, 0.1) is 38.8 Å². The number of methoxy groups -OCH3 is 1. The number of ether oxygens (including phenoxy) is 2. The molecule has 1 aromatic rings. The second-order valence-corrected chi connectivity index (χ2v) is 3.87. The third kappa shape index (κ3) is 2.52. The van der Waals surface area contributed by atoms with Crippen LogP contribution in [-0.2, 0) is 9.47 Å². The maximum atomic E-state index is 11.2. The number of nitrogens with zero attached hydrogens (tertiary/aromatic N) is 3. The van der Waals surface area contributed by atoms with Gasteiger partial charge < -0.3 is 14.4 Å². The van der Waals surface area contributed by atoms with Gasteiger partial charge in [-0.3, -0.25) is 0 Å². The fourth-order valence-corrected chi connectivity index (χ4v) is 1.75. The zero-order valence-electron chi connectivity index (χ0n) is 9.92. The van der Waals surface area contributed by atoms with E-state index in [0.717, 1.165) is 12.4 Å². The van der Waals surface area contributed by atoms with E-state index in [9.17, 15) is 4.79 Å². The smallest absolute Gasteiger partial charge is 0.358 e. The summed E-state index contributed by atoms with van der Waals surface area (Å²) in [6, 6.07) is 0.266. The molecule has 1 aromatic heterocycles. The van der Waals surface area contributed by atoms with Crippen molar-refractivity contribution in [3.63, 3.8) is 0 Å². The van der Waals surface area contributed by atoms with Crippen molar-refractivity contribution in [2.75, 3.05) is 31.8 Å². The summed E-state index contributed by atoms with van der Waals surface area (Å²) in [4.78, 5) is 21.6. The second kappa shape index (κ2) is 5.09. The quantitative estimate of drug-likeness (QED) is 0.697. The molecule has 0 aliphatic carbocycles. The first-order valence-electron chi connectivity index (χ1n) is 5.47. The van der Waals surface area contributed by atoms with Gasteiger partial charge in [0, 0.05) is 6.54 Å².